The third-order valence-corrected chi connectivity index (χ3v) is 7.49. The van der Waals surface area contributed by atoms with Gasteiger partial charge in [-0.05, 0) is 47.1 Å². The molecule has 0 spiro atoms. The Balaban J connectivity index is 1.40. The van der Waals surface area contributed by atoms with E-state index < -0.39 is 0 Å². The van der Waals surface area contributed by atoms with Gasteiger partial charge in [0.25, 0.3) is 0 Å². The van der Waals surface area contributed by atoms with Crippen molar-refractivity contribution in [3.8, 4) is 11.1 Å². The molecule has 2 aromatic carbocycles. The summed E-state index contributed by atoms with van der Waals surface area (Å²) in [6.07, 6.45) is 2.33. The van der Waals surface area contributed by atoms with Gasteiger partial charge in [0.15, 0.2) is 10.9 Å². The molecule has 1 saturated heterocycles. The molecule has 1 atom stereocenters. The number of anilines is 2. The third-order valence-electron chi connectivity index (χ3n) is 6.32. The van der Waals surface area contributed by atoms with Crippen LogP contribution in [0.3, 0.4) is 0 Å². The quantitative estimate of drug-likeness (QED) is 0.570. The van der Waals surface area contributed by atoms with Crippen molar-refractivity contribution < 1.29 is 9.53 Å². The van der Waals surface area contributed by atoms with Crippen molar-refractivity contribution in [1.82, 2.24) is 4.98 Å². The molecule has 1 aromatic heterocycles. The molecule has 0 unspecified atom stereocenters. The van der Waals surface area contributed by atoms with Crippen LogP contribution in [0.5, 0.6) is 0 Å². The summed E-state index contributed by atoms with van der Waals surface area (Å²) in [6.45, 7) is 6.44. The van der Waals surface area contributed by atoms with Gasteiger partial charge in [-0.2, -0.15) is 0 Å². The fraction of sp³-hybridized carbons (Fsp3) is 0.385. The molecule has 5 nitrogen and oxygen atoms in total. The normalized spacial score (nSPS) is 20.2. The number of aromatic nitrogens is 1. The van der Waals surface area contributed by atoms with Crippen molar-refractivity contribution in [3.05, 3.63) is 64.7 Å². The van der Waals surface area contributed by atoms with Crippen molar-refractivity contribution >= 4 is 27.9 Å². The van der Waals surface area contributed by atoms with Crippen molar-refractivity contribution in [2.75, 3.05) is 30.4 Å². The van der Waals surface area contributed by atoms with Crippen LogP contribution in [0.2, 0.25) is 0 Å². The van der Waals surface area contributed by atoms with E-state index >= 15 is 0 Å². The Hall–Kier alpha value is -2.70. The van der Waals surface area contributed by atoms with Crippen LogP contribution in [0, 0.1) is 5.41 Å². The van der Waals surface area contributed by atoms with Gasteiger partial charge in [0.2, 0.25) is 0 Å². The van der Waals surface area contributed by atoms with Crippen LogP contribution in [0.1, 0.15) is 41.2 Å². The highest BCUT2D eigenvalue weighted by Gasteiger charge is 2.36. The summed E-state index contributed by atoms with van der Waals surface area (Å²) < 4.78 is 5.84. The molecule has 1 fully saturated rings. The van der Waals surface area contributed by atoms with E-state index in [-0.39, 0.29) is 17.2 Å². The highest BCUT2D eigenvalue weighted by Crippen LogP contribution is 2.40. The Morgan fingerprint density at radius 2 is 1.94 bits per heavy atom. The van der Waals surface area contributed by atoms with Crippen LogP contribution in [-0.4, -0.2) is 36.6 Å². The van der Waals surface area contributed by atoms with Crippen molar-refractivity contribution in [2.24, 2.45) is 5.41 Å². The smallest absolute Gasteiger partial charge is 0.186 e. The number of carbonyl (C=O) groups is 1. The molecular formula is C26H29N3O2S. The number of Topliss-reactive ketones (excluding diaryl/α,β-unsaturated/α-hetero) is 1. The molecule has 3 aromatic rings. The van der Waals surface area contributed by atoms with Gasteiger partial charge in [-0.15, -0.1) is 0 Å². The van der Waals surface area contributed by atoms with E-state index in [0.29, 0.717) is 19.6 Å². The number of nitrogens with zero attached hydrogens (tertiary/aromatic N) is 2. The zero-order valence-corrected chi connectivity index (χ0v) is 19.5. The van der Waals surface area contributed by atoms with Gasteiger partial charge in [-0.1, -0.05) is 61.6 Å². The topological polar surface area (TPSA) is 68.5 Å². The first kappa shape index (κ1) is 21.2. The minimum absolute atomic E-state index is 0.0128. The Bertz CT molecular complexity index is 1150. The van der Waals surface area contributed by atoms with Crippen LogP contribution >= 0.6 is 11.3 Å². The van der Waals surface area contributed by atoms with E-state index in [0.717, 1.165) is 51.9 Å². The Kier molecular flexibility index (Phi) is 5.51. The first-order valence-electron chi connectivity index (χ1n) is 11.2. The maximum absolute atomic E-state index is 12.7. The maximum atomic E-state index is 12.7. The Morgan fingerprint density at radius 3 is 2.75 bits per heavy atom. The number of nitrogen functional groups attached to an aromatic ring is 1. The van der Waals surface area contributed by atoms with Gasteiger partial charge in [0.1, 0.15) is 0 Å². The zero-order valence-electron chi connectivity index (χ0n) is 18.6. The van der Waals surface area contributed by atoms with Crippen LogP contribution in [0.25, 0.3) is 11.1 Å². The number of fused-ring (bicyclic) bond motifs is 1. The number of hydrogen-bond donors (Lipinski definition) is 1. The van der Waals surface area contributed by atoms with Crippen molar-refractivity contribution in [3.63, 3.8) is 0 Å². The number of thiazole rings is 1. The molecule has 0 amide bonds. The summed E-state index contributed by atoms with van der Waals surface area (Å²) in [5.41, 5.74) is 11.2. The summed E-state index contributed by atoms with van der Waals surface area (Å²) in [5, 5.41) is 0.960. The molecule has 0 radical (unpaired) electrons. The number of ether oxygens (including phenoxy) is 1. The molecule has 2 heterocycles. The number of rotatable bonds is 4. The highest BCUT2D eigenvalue weighted by molar-refractivity contribution is 7.17. The fourth-order valence-corrected chi connectivity index (χ4v) is 5.89. The average Bonchev–Trinajstić information content (AvgIpc) is 3.17. The SMILES string of the molecule is CC1(C)CC(=O)c2sc(N3CCOC[C@@H]3Cc3cccc(-c4cccc(N)c4)c3)nc2C1. The van der Waals surface area contributed by atoms with Gasteiger partial charge in [0, 0.05) is 18.7 Å². The van der Waals surface area contributed by atoms with E-state index in [1.165, 1.54) is 5.56 Å². The van der Waals surface area contributed by atoms with Gasteiger partial charge in [-0.25, -0.2) is 4.98 Å². The molecule has 166 valence electrons. The number of nitrogens with two attached hydrogens (primary N) is 1. The number of carbonyl (C=O) groups excluding carboxylic acids is 1. The lowest BCUT2D eigenvalue weighted by molar-refractivity contribution is 0.0915. The molecule has 0 bridgehead atoms. The predicted molar refractivity (Wildman–Crippen MR) is 130 cm³/mol. The molecule has 1 aliphatic heterocycles. The molecule has 0 saturated carbocycles. The lowest BCUT2D eigenvalue weighted by atomic mass is 9.78. The summed E-state index contributed by atoms with van der Waals surface area (Å²) in [4.78, 5) is 20.8. The van der Waals surface area contributed by atoms with Crippen molar-refractivity contribution in [1.29, 1.82) is 0 Å². The predicted octanol–water partition coefficient (Wildman–Crippen LogP) is 5.00. The van der Waals surface area contributed by atoms with Crippen molar-refractivity contribution in [2.45, 2.75) is 39.2 Å². The summed E-state index contributed by atoms with van der Waals surface area (Å²) in [6, 6.07) is 16.8. The third kappa shape index (κ3) is 4.30. The largest absolute Gasteiger partial charge is 0.399 e. The second kappa shape index (κ2) is 8.34. The lowest BCUT2D eigenvalue weighted by Gasteiger charge is -2.35. The van der Waals surface area contributed by atoms with Crippen LogP contribution in [0.15, 0.2) is 48.5 Å². The van der Waals surface area contributed by atoms with E-state index in [9.17, 15) is 4.79 Å². The van der Waals surface area contributed by atoms with E-state index in [2.05, 4.69) is 49.1 Å². The monoisotopic (exact) mass is 447 g/mol. The lowest BCUT2D eigenvalue weighted by Crippen LogP contribution is -2.46. The average molecular weight is 448 g/mol. The van der Waals surface area contributed by atoms with Gasteiger partial charge >= 0.3 is 0 Å². The molecule has 2 N–H and O–H groups in total. The molecule has 5 rings (SSSR count). The standard InChI is InChI=1S/C26H29N3O2S/c1-26(2)14-22-24(23(30)15-26)32-25(28-22)29-9-10-31-16-21(29)12-17-5-3-6-18(11-17)19-7-4-8-20(27)13-19/h3-8,11,13,21H,9-10,12,14-16,27H2,1-2H3/t21-/m0/s1. The molecule has 2 aliphatic rings. The number of benzene rings is 2. The van der Waals surface area contributed by atoms with Crippen LogP contribution in [-0.2, 0) is 17.6 Å². The number of morpholine rings is 1. The Morgan fingerprint density at radius 1 is 1.16 bits per heavy atom. The van der Waals surface area contributed by atoms with E-state index in [4.69, 9.17) is 15.5 Å². The van der Waals surface area contributed by atoms with Gasteiger partial charge in [-0.3, -0.25) is 4.79 Å². The van der Waals surface area contributed by atoms with Gasteiger partial charge in [0.05, 0.1) is 29.8 Å². The van der Waals surface area contributed by atoms with Crippen LogP contribution < -0.4 is 10.6 Å². The maximum Gasteiger partial charge on any atom is 0.186 e. The summed E-state index contributed by atoms with van der Waals surface area (Å²) >= 11 is 1.56. The van der Waals surface area contributed by atoms with E-state index in [1.807, 2.05) is 18.2 Å². The summed E-state index contributed by atoms with van der Waals surface area (Å²) in [5.74, 6) is 0.236. The number of hydrogen-bond acceptors (Lipinski definition) is 6. The minimum atomic E-state index is -0.0128. The highest BCUT2D eigenvalue weighted by atomic mass is 32.1. The first-order chi connectivity index (χ1) is 15.4. The second-order valence-corrected chi connectivity index (χ2v) is 10.6. The zero-order chi connectivity index (χ0) is 22.3. The first-order valence-corrected chi connectivity index (χ1v) is 12.0. The number of ketones is 1. The molecule has 32 heavy (non-hydrogen) atoms. The Labute approximate surface area is 193 Å². The van der Waals surface area contributed by atoms with Gasteiger partial charge < -0.3 is 15.4 Å². The molecule has 1 aliphatic carbocycles. The molecular weight excluding hydrogens is 418 g/mol. The minimum Gasteiger partial charge on any atom is -0.399 e. The van der Waals surface area contributed by atoms with E-state index in [1.54, 1.807) is 11.3 Å². The fourth-order valence-electron chi connectivity index (χ4n) is 4.77. The van der Waals surface area contributed by atoms with Crippen LogP contribution in [0.4, 0.5) is 10.8 Å². The molecule has 6 heteroatoms. The summed E-state index contributed by atoms with van der Waals surface area (Å²) in [7, 11) is 0. The second-order valence-electron chi connectivity index (χ2n) is 9.67.